The third-order valence-electron chi connectivity index (χ3n) is 10.3. The quantitative estimate of drug-likeness (QED) is 0.113. The van der Waals surface area contributed by atoms with E-state index in [2.05, 4.69) is 91.8 Å². The van der Waals surface area contributed by atoms with Crippen LogP contribution in [0.3, 0.4) is 0 Å². The zero-order valence-electron chi connectivity index (χ0n) is 32.1. The zero-order valence-corrected chi connectivity index (χ0v) is 32.1. The molecule has 2 aromatic carbocycles. The van der Waals surface area contributed by atoms with Crippen LogP contribution in [0.4, 0.5) is 11.4 Å². The van der Waals surface area contributed by atoms with Crippen LogP contribution in [0, 0.1) is 0 Å². The Kier molecular flexibility index (Phi) is 23.8. The van der Waals surface area contributed by atoms with Gasteiger partial charge in [0.1, 0.15) is 0 Å². The van der Waals surface area contributed by atoms with Gasteiger partial charge in [0.25, 0.3) is 0 Å². The molecule has 264 valence electrons. The summed E-state index contributed by atoms with van der Waals surface area (Å²) in [6.45, 7) is 18.3. The largest absolute Gasteiger partial charge is 0.398 e. The molecule has 2 aromatic rings. The lowest BCUT2D eigenvalue weighted by Gasteiger charge is -2.24. The summed E-state index contributed by atoms with van der Waals surface area (Å²) >= 11 is 0. The topological polar surface area (TPSA) is 52.0 Å². The minimum absolute atomic E-state index is 0.642. The van der Waals surface area contributed by atoms with Crippen LogP contribution < -0.4 is 11.5 Å². The molecule has 0 bridgehead atoms. The van der Waals surface area contributed by atoms with Gasteiger partial charge in [-0.05, 0) is 97.3 Å². The molecule has 0 unspecified atom stereocenters. The number of benzene rings is 2. The molecule has 2 nitrogen and oxygen atoms in total. The first-order valence-corrected chi connectivity index (χ1v) is 20.1. The molecule has 0 aliphatic heterocycles. The highest BCUT2D eigenvalue weighted by Crippen LogP contribution is 2.39. The predicted molar refractivity (Wildman–Crippen MR) is 210 cm³/mol. The normalized spacial score (nSPS) is 11.6. The van der Waals surface area contributed by atoms with E-state index in [4.69, 9.17) is 11.5 Å². The molecule has 0 saturated carbocycles. The average molecular weight is 635 g/mol. The summed E-state index contributed by atoms with van der Waals surface area (Å²) in [4.78, 5) is 0. The van der Waals surface area contributed by atoms with Crippen molar-refractivity contribution in [3.63, 3.8) is 0 Å². The van der Waals surface area contributed by atoms with E-state index in [0.29, 0.717) is 23.7 Å². The number of hydrogen-bond acceptors (Lipinski definition) is 2. The molecule has 4 N–H and O–H groups in total. The van der Waals surface area contributed by atoms with Gasteiger partial charge in [-0.2, -0.15) is 0 Å². The Balaban J connectivity index is 0.000000467. The van der Waals surface area contributed by atoms with Gasteiger partial charge in [-0.1, -0.05) is 169 Å². The fourth-order valence-corrected chi connectivity index (χ4v) is 7.64. The second-order valence-corrected chi connectivity index (χ2v) is 14.2. The average Bonchev–Trinajstić information content (AvgIpc) is 3.06. The Morgan fingerprint density at radius 2 is 0.565 bits per heavy atom. The van der Waals surface area contributed by atoms with Gasteiger partial charge in [-0.25, -0.2) is 0 Å². The summed E-state index contributed by atoms with van der Waals surface area (Å²) in [5, 5.41) is 0. The number of nitrogen functional groups attached to an aromatic ring is 2. The fourth-order valence-electron chi connectivity index (χ4n) is 7.64. The maximum atomic E-state index is 6.77. The summed E-state index contributed by atoms with van der Waals surface area (Å²) in [6.07, 6.45) is 25.5. The molecule has 0 amide bonds. The molecule has 0 saturated heterocycles. The third kappa shape index (κ3) is 14.4. The van der Waals surface area contributed by atoms with Crippen molar-refractivity contribution < 1.29 is 0 Å². The van der Waals surface area contributed by atoms with E-state index in [1.54, 1.807) is 0 Å². The SMILES string of the molecule is CCCC(CCC)c1cccc(C(CCC)CCC)c1N.CCCCC(CCCC)c1cccc(C(CCCC)CCCC)c1N. The lowest BCUT2D eigenvalue weighted by atomic mass is 9.82. The van der Waals surface area contributed by atoms with Gasteiger partial charge in [-0.15, -0.1) is 0 Å². The van der Waals surface area contributed by atoms with Crippen molar-refractivity contribution >= 4 is 11.4 Å². The summed E-state index contributed by atoms with van der Waals surface area (Å²) in [5.74, 6) is 2.59. The fraction of sp³-hybridized carbons (Fsp3) is 0.727. The highest BCUT2D eigenvalue weighted by Gasteiger charge is 2.21. The van der Waals surface area contributed by atoms with Crippen LogP contribution in [0.2, 0.25) is 0 Å². The van der Waals surface area contributed by atoms with Crippen LogP contribution >= 0.6 is 0 Å². The van der Waals surface area contributed by atoms with Gasteiger partial charge < -0.3 is 11.5 Å². The van der Waals surface area contributed by atoms with Gasteiger partial charge >= 0.3 is 0 Å². The van der Waals surface area contributed by atoms with Crippen LogP contribution in [-0.2, 0) is 0 Å². The number of hydrogen-bond donors (Lipinski definition) is 2. The van der Waals surface area contributed by atoms with E-state index >= 15 is 0 Å². The molecule has 2 rings (SSSR count). The molecule has 0 atom stereocenters. The van der Waals surface area contributed by atoms with Crippen molar-refractivity contribution in [3.8, 4) is 0 Å². The Morgan fingerprint density at radius 3 is 0.761 bits per heavy atom. The van der Waals surface area contributed by atoms with E-state index < -0.39 is 0 Å². The Labute approximate surface area is 288 Å². The van der Waals surface area contributed by atoms with E-state index in [0.717, 1.165) is 11.4 Å². The van der Waals surface area contributed by atoms with Crippen LogP contribution in [0.1, 0.15) is 230 Å². The lowest BCUT2D eigenvalue weighted by molar-refractivity contribution is 0.516. The smallest absolute Gasteiger partial charge is 0.0384 e. The first-order chi connectivity index (χ1) is 22.4. The molecule has 0 spiro atoms. The van der Waals surface area contributed by atoms with Crippen LogP contribution in [0.5, 0.6) is 0 Å². The number of para-hydroxylation sites is 2. The zero-order chi connectivity index (χ0) is 34.2. The van der Waals surface area contributed by atoms with Crippen molar-refractivity contribution in [2.24, 2.45) is 0 Å². The maximum absolute atomic E-state index is 6.77. The van der Waals surface area contributed by atoms with Gasteiger partial charge in [0.05, 0.1) is 0 Å². The highest BCUT2D eigenvalue weighted by molar-refractivity contribution is 5.57. The van der Waals surface area contributed by atoms with E-state index in [1.807, 2.05) is 0 Å². The summed E-state index contributed by atoms with van der Waals surface area (Å²) in [7, 11) is 0. The molecule has 2 heteroatoms. The molecule has 0 aromatic heterocycles. The second kappa shape index (κ2) is 26.0. The molecule has 0 fully saturated rings. The van der Waals surface area contributed by atoms with Crippen molar-refractivity contribution in [2.45, 2.75) is 207 Å². The third-order valence-corrected chi connectivity index (χ3v) is 10.3. The van der Waals surface area contributed by atoms with Gasteiger partial charge in [0.15, 0.2) is 0 Å². The van der Waals surface area contributed by atoms with E-state index in [-0.39, 0.29) is 0 Å². The maximum Gasteiger partial charge on any atom is 0.0384 e. The standard InChI is InChI=1S/C24H43N.C20H35N/c1-5-9-14-20(15-10-6-2)22-18-13-19-23(24(22)25)21(16-11-7-3)17-12-8-4;1-5-10-16(11-6-2)18-14-9-15-19(20(18)21)17(12-7-3)13-8-4/h13,18-21H,5-12,14-17,25H2,1-4H3;9,14-17H,5-8,10-13,21H2,1-4H3. The van der Waals surface area contributed by atoms with Crippen molar-refractivity contribution in [2.75, 3.05) is 11.5 Å². The Bertz CT molecular complexity index is 910. The first-order valence-electron chi connectivity index (χ1n) is 20.1. The molecule has 0 radical (unpaired) electrons. The minimum Gasteiger partial charge on any atom is -0.398 e. The van der Waals surface area contributed by atoms with Crippen LogP contribution in [0.25, 0.3) is 0 Å². The Hall–Kier alpha value is -1.96. The number of anilines is 2. The van der Waals surface area contributed by atoms with Crippen molar-refractivity contribution in [1.29, 1.82) is 0 Å². The van der Waals surface area contributed by atoms with Crippen molar-refractivity contribution in [1.82, 2.24) is 0 Å². The summed E-state index contributed by atoms with van der Waals surface area (Å²) in [6, 6.07) is 13.7. The number of unbranched alkanes of at least 4 members (excludes halogenated alkanes) is 4. The van der Waals surface area contributed by atoms with Gasteiger partial charge in [0.2, 0.25) is 0 Å². The van der Waals surface area contributed by atoms with E-state index in [1.165, 1.54) is 151 Å². The molecule has 0 aliphatic rings. The van der Waals surface area contributed by atoms with Gasteiger partial charge in [-0.3, -0.25) is 0 Å². The highest BCUT2D eigenvalue weighted by atomic mass is 14.6. The summed E-state index contributed by atoms with van der Waals surface area (Å²) < 4.78 is 0. The second-order valence-electron chi connectivity index (χ2n) is 14.2. The number of rotatable bonds is 24. The van der Waals surface area contributed by atoms with Gasteiger partial charge in [0, 0.05) is 11.4 Å². The monoisotopic (exact) mass is 635 g/mol. The first kappa shape index (κ1) is 42.1. The van der Waals surface area contributed by atoms with E-state index in [9.17, 15) is 0 Å². The van der Waals surface area contributed by atoms with Crippen LogP contribution in [0.15, 0.2) is 36.4 Å². The molecule has 0 heterocycles. The minimum atomic E-state index is 0.642. The number of nitrogens with two attached hydrogens (primary N) is 2. The Morgan fingerprint density at radius 1 is 0.348 bits per heavy atom. The molecular formula is C44H78N2. The predicted octanol–water partition coefficient (Wildman–Crippen LogP) is 14.8. The summed E-state index contributed by atoms with van der Waals surface area (Å²) in [5.41, 5.74) is 21.3. The molecular weight excluding hydrogens is 556 g/mol. The van der Waals surface area contributed by atoms with Crippen LogP contribution in [-0.4, -0.2) is 0 Å². The van der Waals surface area contributed by atoms with Crippen molar-refractivity contribution in [3.05, 3.63) is 58.7 Å². The molecule has 0 aliphatic carbocycles. The molecule has 46 heavy (non-hydrogen) atoms. The lowest BCUT2D eigenvalue weighted by Crippen LogP contribution is -2.09.